The fraction of sp³-hybridized carbons (Fsp3) is 0.364. The molecule has 0 spiro atoms. The molecule has 2 nitrogen and oxygen atoms in total. The molecular weight excluding hydrogens is 289 g/mol. The molecule has 1 aromatic carbocycles. The van der Waals surface area contributed by atoms with Gasteiger partial charge in [-0.25, -0.2) is 0 Å². The minimum atomic E-state index is 0.0975. The molecule has 0 aliphatic carbocycles. The molecule has 0 bridgehead atoms. The van der Waals surface area contributed by atoms with Gasteiger partial charge >= 0.3 is 0 Å². The lowest BCUT2D eigenvalue weighted by Gasteiger charge is -2.07. The maximum absolute atomic E-state index is 11.6. The summed E-state index contributed by atoms with van der Waals surface area (Å²) < 4.78 is 0.0975. The standard InChI is InChI=1S/C11H12INO/c1-7-2-3-8-4-5-9(12)11(14)13-10(8)6-7/h2-3,6,9H,4-5H2,1H3,(H,13,14). The van der Waals surface area contributed by atoms with Crippen LogP contribution in [0.2, 0.25) is 0 Å². The molecule has 0 radical (unpaired) electrons. The lowest BCUT2D eigenvalue weighted by Crippen LogP contribution is -2.20. The van der Waals surface area contributed by atoms with Crippen LogP contribution in [0.5, 0.6) is 0 Å². The van der Waals surface area contributed by atoms with Crippen LogP contribution in [0.15, 0.2) is 18.2 Å². The number of amides is 1. The van der Waals surface area contributed by atoms with Crippen molar-refractivity contribution in [3.8, 4) is 0 Å². The molecule has 1 aliphatic rings. The summed E-state index contributed by atoms with van der Waals surface area (Å²) in [6.07, 6.45) is 1.92. The lowest BCUT2D eigenvalue weighted by atomic mass is 10.1. The van der Waals surface area contributed by atoms with E-state index in [1.165, 1.54) is 11.1 Å². The molecule has 3 heteroatoms. The summed E-state index contributed by atoms with van der Waals surface area (Å²) in [6, 6.07) is 6.25. The summed E-state index contributed by atoms with van der Waals surface area (Å²) in [6.45, 7) is 2.04. The summed E-state index contributed by atoms with van der Waals surface area (Å²) in [5.74, 6) is 0.134. The Kier molecular flexibility index (Phi) is 2.76. The van der Waals surface area contributed by atoms with E-state index in [-0.39, 0.29) is 9.83 Å². The smallest absolute Gasteiger partial charge is 0.237 e. The molecular formula is C11H12INO. The molecule has 2 rings (SSSR count). The van der Waals surface area contributed by atoms with Gasteiger partial charge in [-0.1, -0.05) is 34.7 Å². The van der Waals surface area contributed by atoms with Gasteiger partial charge in [-0.3, -0.25) is 4.79 Å². The maximum Gasteiger partial charge on any atom is 0.237 e. The van der Waals surface area contributed by atoms with Crippen molar-refractivity contribution in [2.45, 2.75) is 23.7 Å². The van der Waals surface area contributed by atoms with Crippen LogP contribution in [0.1, 0.15) is 17.5 Å². The highest BCUT2D eigenvalue weighted by molar-refractivity contribution is 14.1. The Hall–Kier alpha value is -0.580. The Morgan fingerprint density at radius 1 is 1.50 bits per heavy atom. The number of fused-ring (bicyclic) bond motifs is 1. The lowest BCUT2D eigenvalue weighted by molar-refractivity contribution is -0.115. The van der Waals surface area contributed by atoms with Crippen molar-refractivity contribution in [1.29, 1.82) is 0 Å². The number of rotatable bonds is 0. The van der Waals surface area contributed by atoms with Crippen LogP contribution in [-0.4, -0.2) is 9.83 Å². The van der Waals surface area contributed by atoms with Gasteiger partial charge < -0.3 is 5.32 Å². The quantitative estimate of drug-likeness (QED) is 0.579. The second-order valence-electron chi connectivity index (χ2n) is 3.66. The van der Waals surface area contributed by atoms with E-state index in [0.29, 0.717) is 0 Å². The van der Waals surface area contributed by atoms with E-state index in [2.05, 4.69) is 40.0 Å². The van der Waals surface area contributed by atoms with E-state index in [1.54, 1.807) is 0 Å². The third-order valence-electron chi connectivity index (χ3n) is 2.47. The van der Waals surface area contributed by atoms with Crippen LogP contribution < -0.4 is 5.32 Å². The van der Waals surface area contributed by atoms with Crippen LogP contribution in [-0.2, 0) is 11.2 Å². The minimum absolute atomic E-state index is 0.0975. The molecule has 0 saturated heterocycles. The summed E-state index contributed by atoms with van der Waals surface area (Å²) in [4.78, 5) is 11.6. The Balaban J connectivity index is 2.38. The van der Waals surface area contributed by atoms with Crippen LogP contribution in [0.4, 0.5) is 5.69 Å². The second-order valence-corrected chi connectivity index (χ2v) is 5.16. The van der Waals surface area contributed by atoms with Gasteiger partial charge in [-0.15, -0.1) is 0 Å². The van der Waals surface area contributed by atoms with E-state index in [1.807, 2.05) is 13.0 Å². The Morgan fingerprint density at radius 3 is 3.07 bits per heavy atom. The number of hydrogen-bond acceptors (Lipinski definition) is 1. The highest BCUT2D eigenvalue weighted by Crippen LogP contribution is 2.25. The monoisotopic (exact) mass is 301 g/mol. The van der Waals surface area contributed by atoms with Crippen LogP contribution in [0.3, 0.4) is 0 Å². The zero-order valence-corrected chi connectivity index (χ0v) is 10.2. The number of carbonyl (C=O) groups excluding carboxylic acids is 1. The van der Waals surface area contributed by atoms with E-state index in [0.717, 1.165) is 18.5 Å². The van der Waals surface area contributed by atoms with Crippen molar-refractivity contribution in [3.63, 3.8) is 0 Å². The van der Waals surface area contributed by atoms with Crippen molar-refractivity contribution in [3.05, 3.63) is 29.3 Å². The largest absolute Gasteiger partial charge is 0.325 e. The number of halogens is 1. The molecule has 1 atom stereocenters. The minimum Gasteiger partial charge on any atom is -0.325 e. The number of alkyl halides is 1. The molecule has 74 valence electrons. The zero-order chi connectivity index (χ0) is 10.1. The van der Waals surface area contributed by atoms with Gasteiger partial charge in [0.25, 0.3) is 0 Å². The molecule has 1 aliphatic heterocycles. The van der Waals surface area contributed by atoms with Gasteiger partial charge in [0.05, 0.1) is 3.92 Å². The Morgan fingerprint density at radius 2 is 2.29 bits per heavy atom. The average Bonchev–Trinajstić information content (AvgIpc) is 2.27. The van der Waals surface area contributed by atoms with E-state index in [9.17, 15) is 4.79 Å². The zero-order valence-electron chi connectivity index (χ0n) is 8.01. The number of aryl methyl sites for hydroxylation is 2. The predicted octanol–water partition coefficient (Wildman–Crippen LogP) is 2.68. The van der Waals surface area contributed by atoms with Crippen LogP contribution in [0.25, 0.3) is 0 Å². The maximum atomic E-state index is 11.6. The summed E-state index contributed by atoms with van der Waals surface area (Å²) >= 11 is 2.20. The first-order valence-corrected chi connectivity index (χ1v) is 5.96. The van der Waals surface area contributed by atoms with Crippen molar-refractivity contribution in [2.24, 2.45) is 0 Å². The molecule has 0 aromatic heterocycles. The van der Waals surface area contributed by atoms with Gasteiger partial charge in [-0.2, -0.15) is 0 Å². The van der Waals surface area contributed by atoms with E-state index < -0.39 is 0 Å². The predicted molar refractivity (Wildman–Crippen MR) is 65.9 cm³/mol. The van der Waals surface area contributed by atoms with Gasteiger partial charge in [0.15, 0.2) is 0 Å². The third kappa shape index (κ3) is 1.92. The molecule has 1 heterocycles. The van der Waals surface area contributed by atoms with Crippen LogP contribution >= 0.6 is 22.6 Å². The van der Waals surface area contributed by atoms with E-state index in [4.69, 9.17) is 0 Å². The highest BCUT2D eigenvalue weighted by atomic mass is 127. The first kappa shape index (κ1) is 9.96. The molecule has 1 amide bonds. The normalized spacial score (nSPS) is 21.0. The summed E-state index contributed by atoms with van der Waals surface area (Å²) in [7, 11) is 0. The number of hydrogen-bond donors (Lipinski definition) is 1. The van der Waals surface area contributed by atoms with Gasteiger partial charge in [0.2, 0.25) is 5.91 Å². The topological polar surface area (TPSA) is 29.1 Å². The van der Waals surface area contributed by atoms with E-state index >= 15 is 0 Å². The Bertz CT molecular complexity index is 376. The first-order valence-electron chi connectivity index (χ1n) is 4.71. The fourth-order valence-corrected chi connectivity index (χ4v) is 2.12. The average molecular weight is 301 g/mol. The van der Waals surface area contributed by atoms with Gasteiger partial charge in [0.1, 0.15) is 0 Å². The van der Waals surface area contributed by atoms with Crippen molar-refractivity contribution in [2.75, 3.05) is 5.32 Å². The molecule has 1 unspecified atom stereocenters. The summed E-state index contributed by atoms with van der Waals surface area (Å²) in [5, 5.41) is 2.97. The van der Waals surface area contributed by atoms with Gasteiger partial charge in [-0.05, 0) is 37.0 Å². The molecule has 0 fully saturated rings. The molecule has 1 aromatic rings. The summed E-state index contributed by atoms with van der Waals surface area (Å²) in [5.41, 5.74) is 3.44. The number of benzene rings is 1. The molecule has 0 saturated carbocycles. The van der Waals surface area contributed by atoms with Gasteiger partial charge in [0, 0.05) is 5.69 Å². The number of nitrogens with one attached hydrogen (secondary N) is 1. The molecule has 1 N–H and O–H groups in total. The SMILES string of the molecule is Cc1ccc2c(c1)NC(=O)C(I)CC2. The van der Waals surface area contributed by atoms with Crippen molar-refractivity contribution in [1.82, 2.24) is 0 Å². The fourth-order valence-electron chi connectivity index (χ4n) is 1.65. The van der Waals surface area contributed by atoms with Crippen molar-refractivity contribution < 1.29 is 4.79 Å². The first-order chi connectivity index (χ1) is 6.66. The highest BCUT2D eigenvalue weighted by Gasteiger charge is 2.20. The van der Waals surface area contributed by atoms with Crippen LogP contribution in [0, 0.1) is 6.92 Å². The second kappa shape index (κ2) is 3.88. The Labute approximate surface area is 97.2 Å². The third-order valence-corrected chi connectivity index (χ3v) is 3.66. The number of carbonyl (C=O) groups is 1. The molecule has 14 heavy (non-hydrogen) atoms. The number of anilines is 1. The van der Waals surface area contributed by atoms with Crippen molar-refractivity contribution >= 4 is 34.2 Å².